The lowest BCUT2D eigenvalue weighted by molar-refractivity contribution is 0.0979. The van der Waals surface area contributed by atoms with Crippen molar-refractivity contribution in [2.75, 3.05) is 16.8 Å². The molecule has 0 aromatic heterocycles. The number of fused-ring (bicyclic) bond motifs is 2. The Balaban J connectivity index is 1.64. The molecule has 0 unspecified atom stereocenters. The first-order chi connectivity index (χ1) is 15.0. The van der Waals surface area contributed by atoms with Crippen molar-refractivity contribution in [2.45, 2.75) is 26.8 Å². The van der Waals surface area contributed by atoms with Gasteiger partial charge in [-0.15, -0.1) is 0 Å². The normalized spacial score (nSPS) is 12.5. The van der Waals surface area contributed by atoms with E-state index in [2.05, 4.69) is 5.32 Å². The van der Waals surface area contributed by atoms with Crippen LogP contribution in [0.1, 0.15) is 41.5 Å². The van der Waals surface area contributed by atoms with Crippen molar-refractivity contribution in [3.8, 4) is 17.2 Å². The molecule has 1 N–H and O–H groups in total. The molecular formula is C25H24N2O4. The van der Waals surface area contributed by atoms with Crippen LogP contribution in [0.25, 0.3) is 0 Å². The number of nitrogens with zero attached hydrogens (tertiary/aromatic N) is 1. The van der Waals surface area contributed by atoms with Gasteiger partial charge >= 0.3 is 0 Å². The van der Waals surface area contributed by atoms with Crippen LogP contribution in [0.4, 0.5) is 11.4 Å². The molecule has 0 saturated carbocycles. The first-order valence-corrected chi connectivity index (χ1v) is 10.3. The second-order valence-electron chi connectivity index (χ2n) is 7.46. The van der Waals surface area contributed by atoms with Gasteiger partial charge in [0.05, 0.1) is 17.9 Å². The largest absolute Gasteiger partial charge is 0.494 e. The summed E-state index contributed by atoms with van der Waals surface area (Å²) in [5.41, 5.74) is 2.26. The molecule has 31 heavy (non-hydrogen) atoms. The van der Waals surface area contributed by atoms with Crippen molar-refractivity contribution in [1.29, 1.82) is 0 Å². The fraction of sp³-hybridized carbons (Fsp3) is 0.200. The van der Waals surface area contributed by atoms with Crippen LogP contribution in [0, 0.1) is 0 Å². The van der Waals surface area contributed by atoms with E-state index in [1.165, 1.54) is 0 Å². The van der Waals surface area contributed by atoms with Gasteiger partial charge < -0.3 is 19.7 Å². The summed E-state index contributed by atoms with van der Waals surface area (Å²) < 4.78 is 11.5. The molecule has 0 radical (unpaired) electrons. The highest BCUT2D eigenvalue weighted by Gasteiger charge is 2.30. The lowest BCUT2D eigenvalue weighted by Gasteiger charge is -2.26. The molecule has 0 spiro atoms. The van der Waals surface area contributed by atoms with E-state index in [-0.39, 0.29) is 17.9 Å². The number of rotatable bonds is 5. The zero-order valence-corrected chi connectivity index (χ0v) is 17.7. The van der Waals surface area contributed by atoms with Crippen molar-refractivity contribution in [1.82, 2.24) is 0 Å². The van der Waals surface area contributed by atoms with Crippen molar-refractivity contribution < 1.29 is 19.1 Å². The Morgan fingerprint density at radius 2 is 1.77 bits per heavy atom. The maximum atomic E-state index is 13.1. The molecule has 6 heteroatoms. The summed E-state index contributed by atoms with van der Waals surface area (Å²) in [6, 6.07) is 19.4. The monoisotopic (exact) mass is 416 g/mol. The Labute approximate surface area is 181 Å². The molecule has 0 fully saturated rings. The number of hydrogen-bond acceptors (Lipinski definition) is 4. The van der Waals surface area contributed by atoms with E-state index in [0.29, 0.717) is 40.6 Å². The number of carbonyl (C=O) groups excluding carboxylic acids is 2. The summed E-state index contributed by atoms with van der Waals surface area (Å²) in [5, 5.41) is 2.90. The van der Waals surface area contributed by atoms with E-state index in [1.54, 1.807) is 59.5 Å². The van der Waals surface area contributed by atoms with E-state index < -0.39 is 0 Å². The highest BCUT2D eigenvalue weighted by atomic mass is 16.5. The van der Waals surface area contributed by atoms with Gasteiger partial charge in [0.1, 0.15) is 11.5 Å². The topological polar surface area (TPSA) is 67.9 Å². The van der Waals surface area contributed by atoms with Gasteiger partial charge in [-0.2, -0.15) is 0 Å². The maximum absolute atomic E-state index is 13.1. The van der Waals surface area contributed by atoms with Gasteiger partial charge in [-0.05, 0) is 69.3 Å². The smallest absolute Gasteiger partial charge is 0.262 e. The quantitative estimate of drug-likeness (QED) is 0.596. The second-order valence-corrected chi connectivity index (χ2v) is 7.46. The lowest BCUT2D eigenvalue weighted by atomic mass is 10.1. The predicted octanol–water partition coefficient (Wildman–Crippen LogP) is 5.50. The Hall–Kier alpha value is -3.80. The molecule has 2 amide bonds. The molecular weight excluding hydrogens is 392 g/mol. The van der Waals surface area contributed by atoms with E-state index in [1.807, 2.05) is 32.9 Å². The molecule has 3 aromatic rings. The molecule has 0 aliphatic carbocycles. The fourth-order valence-electron chi connectivity index (χ4n) is 3.55. The second kappa shape index (κ2) is 8.52. The Morgan fingerprint density at radius 1 is 1.03 bits per heavy atom. The van der Waals surface area contributed by atoms with Crippen LogP contribution in [-0.4, -0.2) is 24.5 Å². The maximum Gasteiger partial charge on any atom is 0.262 e. The Kier molecular flexibility index (Phi) is 5.62. The van der Waals surface area contributed by atoms with Gasteiger partial charge in [0.2, 0.25) is 0 Å². The summed E-state index contributed by atoms with van der Waals surface area (Å²) in [4.78, 5) is 27.5. The molecule has 3 aromatic carbocycles. The SMILES string of the molecule is CCOc1ccc(C(=O)Nc2ccc3c(c2)Oc2ccccc2C(=O)N3C(C)C)cc1. The average Bonchev–Trinajstić information content (AvgIpc) is 2.88. The predicted molar refractivity (Wildman–Crippen MR) is 120 cm³/mol. The minimum absolute atomic E-state index is 0.0645. The fourth-order valence-corrected chi connectivity index (χ4v) is 3.55. The molecule has 158 valence electrons. The van der Waals surface area contributed by atoms with Crippen LogP contribution in [0.2, 0.25) is 0 Å². The highest BCUT2D eigenvalue weighted by molar-refractivity contribution is 6.10. The summed E-state index contributed by atoms with van der Waals surface area (Å²) in [6.07, 6.45) is 0. The third kappa shape index (κ3) is 4.10. The standard InChI is InChI=1S/C25H24N2O4/c1-4-30-19-12-9-17(10-13-19)24(28)26-18-11-14-21-23(15-18)31-22-8-6-5-7-20(22)25(29)27(21)16(2)3/h5-16H,4H2,1-3H3,(H,26,28). The van der Waals surface area contributed by atoms with Crippen molar-refractivity contribution in [3.63, 3.8) is 0 Å². The molecule has 1 aliphatic rings. The van der Waals surface area contributed by atoms with Crippen LogP contribution in [0.3, 0.4) is 0 Å². The van der Waals surface area contributed by atoms with Crippen LogP contribution < -0.4 is 19.7 Å². The van der Waals surface area contributed by atoms with E-state index in [0.717, 1.165) is 5.75 Å². The van der Waals surface area contributed by atoms with E-state index >= 15 is 0 Å². The number of benzene rings is 3. The van der Waals surface area contributed by atoms with E-state index in [9.17, 15) is 9.59 Å². The van der Waals surface area contributed by atoms with Gasteiger partial charge in [-0.3, -0.25) is 9.59 Å². The molecule has 0 bridgehead atoms. The van der Waals surface area contributed by atoms with Crippen LogP contribution in [0.5, 0.6) is 17.2 Å². The third-order valence-electron chi connectivity index (χ3n) is 4.98. The molecule has 0 saturated heterocycles. The Morgan fingerprint density at radius 3 is 2.48 bits per heavy atom. The number of ether oxygens (including phenoxy) is 2. The molecule has 0 atom stereocenters. The first-order valence-electron chi connectivity index (χ1n) is 10.3. The minimum Gasteiger partial charge on any atom is -0.494 e. The molecule has 4 rings (SSSR count). The average molecular weight is 416 g/mol. The van der Waals surface area contributed by atoms with Crippen molar-refractivity contribution >= 4 is 23.2 Å². The number of hydrogen-bond donors (Lipinski definition) is 1. The van der Waals surface area contributed by atoms with Gasteiger partial charge in [0.25, 0.3) is 11.8 Å². The van der Waals surface area contributed by atoms with Crippen LogP contribution in [-0.2, 0) is 0 Å². The van der Waals surface area contributed by atoms with Crippen LogP contribution in [0.15, 0.2) is 66.7 Å². The minimum atomic E-state index is -0.242. The lowest BCUT2D eigenvalue weighted by Crippen LogP contribution is -2.36. The van der Waals surface area contributed by atoms with Crippen molar-refractivity contribution in [3.05, 3.63) is 77.9 Å². The van der Waals surface area contributed by atoms with Gasteiger partial charge in [0, 0.05) is 23.4 Å². The number of para-hydroxylation sites is 1. The zero-order valence-electron chi connectivity index (χ0n) is 17.7. The Bertz CT molecular complexity index is 1120. The number of carbonyl (C=O) groups is 2. The van der Waals surface area contributed by atoms with Gasteiger partial charge in [0.15, 0.2) is 5.75 Å². The van der Waals surface area contributed by atoms with Gasteiger partial charge in [-0.1, -0.05) is 12.1 Å². The van der Waals surface area contributed by atoms with Crippen LogP contribution >= 0.6 is 0 Å². The molecule has 6 nitrogen and oxygen atoms in total. The number of amides is 2. The first kappa shape index (κ1) is 20.5. The summed E-state index contributed by atoms with van der Waals surface area (Å²) in [6.45, 7) is 6.39. The number of nitrogens with one attached hydrogen (secondary N) is 1. The zero-order chi connectivity index (χ0) is 22.0. The van der Waals surface area contributed by atoms with Gasteiger partial charge in [-0.25, -0.2) is 0 Å². The third-order valence-corrected chi connectivity index (χ3v) is 4.98. The summed E-state index contributed by atoms with van der Waals surface area (Å²) >= 11 is 0. The highest BCUT2D eigenvalue weighted by Crippen LogP contribution is 2.41. The number of anilines is 2. The van der Waals surface area contributed by atoms with E-state index in [4.69, 9.17) is 9.47 Å². The molecule has 1 heterocycles. The molecule has 1 aliphatic heterocycles. The summed E-state index contributed by atoms with van der Waals surface area (Å²) in [7, 11) is 0. The summed E-state index contributed by atoms with van der Waals surface area (Å²) in [5.74, 6) is 1.36. The van der Waals surface area contributed by atoms with Crippen molar-refractivity contribution in [2.24, 2.45) is 0 Å².